The van der Waals surface area contributed by atoms with Crippen LogP contribution >= 0.6 is 0 Å². The van der Waals surface area contributed by atoms with Gasteiger partial charge in [-0.2, -0.15) is 0 Å². The molecule has 0 bridgehead atoms. The van der Waals surface area contributed by atoms with Gasteiger partial charge in [-0.1, -0.05) is 20.8 Å². The third-order valence-corrected chi connectivity index (χ3v) is 3.86. The van der Waals surface area contributed by atoms with Gasteiger partial charge in [0.1, 0.15) is 0 Å². The summed E-state index contributed by atoms with van der Waals surface area (Å²) in [5.74, 6) is 0. The highest BCUT2D eigenvalue weighted by atomic mass is 15.2. The summed E-state index contributed by atoms with van der Waals surface area (Å²) in [6.45, 7) is 14.3. The van der Waals surface area contributed by atoms with E-state index in [1.165, 1.54) is 38.8 Å². The van der Waals surface area contributed by atoms with Gasteiger partial charge >= 0.3 is 0 Å². The van der Waals surface area contributed by atoms with Crippen molar-refractivity contribution in [3.05, 3.63) is 0 Å². The van der Waals surface area contributed by atoms with Gasteiger partial charge in [0.25, 0.3) is 0 Å². The largest absolute Gasteiger partial charge is 0.315 e. The van der Waals surface area contributed by atoms with Gasteiger partial charge in [0, 0.05) is 12.6 Å². The molecular formula is C14H30N2. The Morgan fingerprint density at radius 1 is 1.25 bits per heavy atom. The maximum atomic E-state index is 3.53. The highest BCUT2D eigenvalue weighted by molar-refractivity contribution is 4.79. The molecule has 0 saturated carbocycles. The smallest absolute Gasteiger partial charge is 0.0192 e. The van der Waals surface area contributed by atoms with Gasteiger partial charge in [-0.05, 0) is 57.7 Å². The molecule has 1 aliphatic heterocycles. The lowest BCUT2D eigenvalue weighted by Gasteiger charge is -2.28. The molecule has 0 amide bonds. The van der Waals surface area contributed by atoms with E-state index in [2.05, 4.69) is 37.9 Å². The van der Waals surface area contributed by atoms with Crippen LogP contribution in [0.25, 0.3) is 0 Å². The van der Waals surface area contributed by atoms with Gasteiger partial charge in [0.05, 0.1) is 0 Å². The molecule has 1 heterocycles. The first-order chi connectivity index (χ1) is 7.55. The topological polar surface area (TPSA) is 15.3 Å². The summed E-state index contributed by atoms with van der Waals surface area (Å²) in [5, 5.41) is 3.53. The van der Waals surface area contributed by atoms with Crippen LogP contribution in [0.1, 0.15) is 53.4 Å². The Morgan fingerprint density at radius 2 is 2.00 bits per heavy atom. The first kappa shape index (κ1) is 14.0. The first-order valence-electron chi connectivity index (χ1n) is 7.00. The Labute approximate surface area is 102 Å². The standard InChI is InChI=1S/C14H30N2/c1-5-9-15-12-13(2)16-10-6-7-14(3,4)8-11-16/h13,15H,5-12H2,1-4H3. The molecule has 1 saturated heterocycles. The quantitative estimate of drug-likeness (QED) is 0.725. The van der Waals surface area contributed by atoms with Crippen LogP contribution in [0.3, 0.4) is 0 Å². The van der Waals surface area contributed by atoms with Crippen molar-refractivity contribution in [1.82, 2.24) is 10.2 Å². The molecule has 1 fully saturated rings. The maximum Gasteiger partial charge on any atom is 0.0192 e. The van der Waals surface area contributed by atoms with E-state index >= 15 is 0 Å². The van der Waals surface area contributed by atoms with Crippen molar-refractivity contribution in [2.75, 3.05) is 26.2 Å². The van der Waals surface area contributed by atoms with E-state index in [1.54, 1.807) is 0 Å². The average Bonchev–Trinajstić information content (AvgIpc) is 2.39. The van der Waals surface area contributed by atoms with Gasteiger partial charge in [-0.25, -0.2) is 0 Å². The van der Waals surface area contributed by atoms with Gasteiger partial charge in [-0.15, -0.1) is 0 Å². The molecule has 1 unspecified atom stereocenters. The molecule has 1 aliphatic rings. The minimum atomic E-state index is 0.561. The zero-order valence-corrected chi connectivity index (χ0v) is 11.7. The number of rotatable bonds is 5. The van der Waals surface area contributed by atoms with Crippen LogP contribution in [0.15, 0.2) is 0 Å². The Balaban J connectivity index is 2.30. The van der Waals surface area contributed by atoms with E-state index in [4.69, 9.17) is 0 Å². The minimum absolute atomic E-state index is 0.561. The Morgan fingerprint density at radius 3 is 2.69 bits per heavy atom. The molecule has 0 aromatic carbocycles. The van der Waals surface area contributed by atoms with Crippen LogP contribution in [-0.2, 0) is 0 Å². The molecule has 0 aromatic rings. The molecule has 2 nitrogen and oxygen atoms in total. The van der Waals surface area contributed by atoms with E-state index in [0.29, 0.717) is 11.5 Å². The van der Waals surface area contributed by atoms with E-state index in [0.717, 1.165) is 13.1 Å². The Bertz CT molecular complexity index is 189. The lowest BCUT2D eigenvalue weighted by molar-refractivity contribution is 0.202. The summed E-state index contributed by atoms with van der Waals surface area (Å²) in [6.07, 6.45) is 5.34. The average molecular weight is 226 g/mol. The fraction of sp³-hybridized carbons (Fsp3) is 1.00. The highest BCUT2D eigenvalue weighted by Crippen LogP contribution is 2.30. The van der Waals surface area contributed by atoms with Crippen molar-refractivity contribution < 1.29 is 0 Å². The SMILES string of the molecule is CCCNCC(C)N1CCCC(C)(C)CC1. The lowest BCUT2D eigenvalue weighted by atomic mass is 9.85. The minimum Gasteiger partial charge on any atom is -0.315 e. The molecule has 1 rings (SSSR count). The summed E-state index contributed by atoms with van der Waals surface area (Å²) >= 11 is 0. The van der Waals surface area contributed by atoms with Crippen LogP contribution in [0.4, 0.5) is 0 Å². The molecule has 0 aliphatic carbocycles. The van der Waals surface area contributed by atoms with Gasteiger partial charge in [0.15, 0.2) is 0 Å². The van der Waals surface area contributed by atoms with Crippen LogP contribution in [0.2, 0.25) is 0 Å². The van der Waals surface area contributed by atoms with Crippen molar-refractivity contribution >= 4 is 0 Å². The normalized spacial score (nSPS) is 24.0. The second-order valence-electron chi connectivity index (χ2n) is 6.11. The molecule has 0 aromatic heterocycles. The van der Waals surface area contributed by atoms with E-state index in [-0.39, 0.29) is 0 Å². The van der Waals surface area contributed by atoms with Crippen LogP contribution in [0.5, 0.6) is 0 Å². The second-order valence-corrected chi connectivity index (χ2v) is 6.11. The highest BCUT2D eigenvalue weighted by Gasteiger charge is 2.24. The number of nitrogens with one attached hydrogen (secondary N) is 1. The summed E-state index contributed by atoms with van der Waals surface area (Å²) in [4.78, 5) is 2.66. The summed E-state index contributed by atoms with van der Waals surface area (Å²) in [6, 6.07) is 0.695. The monoisotopic (exact) mass is 226 g/mol. The molecule has 1 atom stereocenters. The molecule has 16 heavy (non-hydrogen) atoms. The van der Waals surface area contributed by atoms with Crippen molar-refractivity contribution in [3.8, 4) is 0 Å². The molecule has 2 heteroatoms. The van der Waals surface area contributed by atoms with Gasteiger partial charge < -0.3 is 5.32 Å². The summed E-state index contributed by atoms with van der Waals surface area (Å²) in [7, 11) is 0. The van der Waals surface area contributed by atoms with E-state index < -0.39 is 0 Å². The van der Waals surface area contributed by atoms with Crippen molar-refractivity contribution in [3.63, 3.8) is 0 Å². The number of nitrogens with zero attached hydrogens (tertiary/aromatic N) is 1. The molecule has 0 radical (unpaired) electrons. The van der Waals surface area contributed by atoms with E-state index in [1.807, 2.05) is 0 Å². The fourth-order valence-corrected chi connectivity index (χ4v) is 2.50. The van der Waals surface area contributed by atoms with Gasteiger partial charge in [-0.3, -0.25) is 4.90 Å². The van der Waals surface area contributed by atoms with Crippen LogP contribution in [-0.4, -0.2) is 37.1 Å². The first-order valence-corrected chi connectivity index (χ1v) is 7.00. The van der Waals surface area contributed by atoms with Crippen LogP contribution in [0, 0.1) is 5.41 Å². The molecule has 0 spiro atoms. The number of hydrogen-bond acceptors (Lipinski definition) is 2. The van der Waals surface area contributed by atoms with Gasteiger partial charge in [0.2, 0.25) is 0 Å². The fourth-order valence-electron chi connectivity index (χ4n) is 2.50. The third kappa shape index (κ3) is 4.84. The summed E-state index contributed by atoms with van der Waals surface area (Å²) in [5.41, 5.74) is 0.561. The van der Waals surface area contributed by atoms with Crippen LogP contribution < -0.4 is 5.32 Å². The predicted octanol–water partition coefficient (Wildman–Crippen LogP) is 2.89. The Kier molecular flexibility index (Phi) is 5.77. The molecular weight excluding hydrogens is 196 g/mol. The third-order valence-electron chi connectivity index (χ3n) is 3.86. The number of hydrogen-bond donors (Lipinski definition) is 1. The van der Waals surface area contributed by atoms with E-state index in [9.17, 15) is 0 Å². The van der Waals surface area contributed by atoms with Crippen molar-refractivity contribution in [1.29, 1.82) is 0 Å². The zero-order chi connectivity index (χ0) is 12.0. The zero-order valence-electron chi connectivity index (χ0n) is 11.7. The molecule has 96 valence electrons. The maximum absolute atomic E-state index is 3.53. The molecule has 1 N–H and O–H groups in total. The Hall–Kier alpha value is -0.0800. The van der Waals surface area contributed by atoms with Crippen molar-refractivity contribution in [2.45, 2.75) is 59.4 Å². The summed E-state index contributed by atoms with van der Waals surface area (Å²) < 4.78 is 0. The number of likely N-dealkylation sites (tertiary alicyclic amines) is 1. The van der Waals surface area contributed by atoms with Crippen molar-refractivity contribution in [2.24, 2.45) is 5.41 Å². The lowest BCUT2D eigenvalue weighted by Crippen LogP contribution is -2.41. The predicted molar refractivity (Wildman–Crippen MR) is 71.8 cm³/mol. The second kappa shape index (κ2) is 6.61.